The summed E-state index contributed by atoms with van der Waals surface area (Å²) in [5, 5.41) is 0.635. The van der Waals surface area contributed by atoms with Crippen molar-refractivity contribution in [3.8, 4) is 11.5 Å². The minimum atomic E-state index is -0.606. The number of amides is 1. The van der Waals surface area contributed by atoms with Gasteiger partial charge in [-0.1, -0.05) is 18.2 Å². The van der Waals surface area contributed by atoms with Gasteiger partial charge in [0, 0.05) is 18.5 Å². The number of nitrogens with zero attached hydrogens (tertiary/aromatic N) is 2. The first-order valence-electron chi connectivity index (χ1n) is 10.5. The summed E-state index contributed by atoms with van der Waals surface area (Å²) in [6, 6.07) is 12.5. The molecule has 1 amide bonds. The Kier molecular flexibility index (Phi) is 6.20. The van der Waals surface area contributed by atoms with Crippen LogP contribution in [0.2, 0.25) is 0 Å². The number of piperidine rings is 1. The molecule has 1 aliphatic heterocycles. The molecule has 0 spiro atoms. The van der Waals surface area contributed by atoms with Gasteiger partial charge in [0.25, 0.3) is 5.91 Å². The molecule has 1 saturated heterocycles. The Labute approximate surface area is 185 Å². The van der Waals surface area contributed by atoms with Gasteiger partial charge in [-0.15, -0.1) is 0 Å². The maximum Gasteiger partial charge on any atom is 0.339 e. The third kappa shape index (κ3) is 4.49. The number of hydrogen-bond acceptors (Lipinski definition) is 7. The van der Waals surface area contributed by atoms with Crippen molar-refractivity contribution in [2.45, 2.75) is 19.8 Å². The number of para-hydroxylation sites is 1. The third-order valence-electron chi connectivity index (χ3n) is 5.64. The summed E-state index contributed by atoms with van der Waals surface area (Å²) in [6.07, 6.45) is 1.07. The van der Waals surface area contributed by atoms with Gasteiger partial charge in [0.15, 0.2) is 12.4 Å². The molecule has 2 aromatic heterocycles. The van der Waals surface area contributed by atoms with E-state index in [2.05, 4.69) is 4.98 Å². The fourth-order valence-corrected chi connectivity index (χ4v) is 3.87. The van der Waals surface area contributed by atoms with Crippen LogP contribution in [-0.4, -0.2) is 54.5 Å². The molecule has 1 aromatic carbocycles. The van der Waals surface area contributed by atoms with Crippen LogP contribution >= 0.6 is 0 Å². The maximum absolute atomic E-state index is 12.9. The van der Waals surface area contributed by atoms with Gasteiger partial charge in [-0.3, -0.25) is 9.59 Å². The van der Waals surface area contributed by atoms with Gasteiger partial charge in [0.2, 0.25) is 0 Å². The number of benzene rings is 1. The predicted octanol–water partition coefficient (Wildman–Crippen LogP) is 3.37. The lowest BCUT2D eigenvalue weighted by Gasteiger charge is -2.30. The van der Waals surface area contributed by atoms with Crippen molar-refractivity contribution in [1.29, 1.82) is 0 Å². The van der Waals surface area contributed by atoms with Crippen LogP contribution in [0.3, 0.4) is 0 Å². The van der Waals surface area contributed by atoms with Crippen molar-refractivity contribution < 1.29 is 28.3 Å². The van der Waals surface area contributed by atoms with E-state index in [9.17, 15) is 14.4 Å². The van der Waals surface area contributed by atoms with Crippen LogP contribution in [0.15, 0.2) is 46.9 Å². The Morgan fingerprint density at radius 1 is 1.12 bits per heavy atom. The molecule has 3 heterocycles. The number of likely N-dealkylation sites (tertiary alicyclic amines) is 1. The number of hydrogen-bond donors (Lipinski definition) is 0. The zero-order chi connectivity index (χ0) is 22.7. The van der Waals surface area contributed by atoms with Crippen LogP contribution < -0.4 is 0 Å². The molecule has 4 rings (SSSR count). The first-order valence-corrected chi connectivity index (χ1v) is 10.5. The number of rotatable bonds is 5. The smallest absolute Gasteiger partial charge is 0.339 e. The second-order valence-electron chi connectivity index (χ2n) is 7.74. The van der Waals surface area contributed by atoms with E-state index in [1.807, 2.05) is 31.2 Å². The molecule has 0 radical (unpaired) electrons. The summed E-state index contributed by atoms with van der Waals surface area (Å²) < 4.78 is 15.8. The lowest BCUT2D eigenvalue weighted by molar-refractivity contribution is -0.149. The fourth-order valence-electron chi connectivity index (χ4n) is 3.87. The van der Waals surface area contributed by atoms with Gasteiger partial charge >= 0.3 is 11.9 Å². The van der Waals surface area contributed by atoms with Crippen LogP contribution in [0.5, 0.6) is 0 Å². The zero-order valence-electron chi connectivity index (χ0n) is 18.0. The SMILES string of the molecule is COC(=O)C1CCN(C(=O)COC(=O)c2cc(-c3ccc(C)o3)nc3ccccc23)CC1. The molecule has 1 aliphatic rings. The maximum atomic E-state index is 12.9. The Bertz CT molecular complexity index is 1160. The Balaban J connectivity index is 1.47. The van der Waals surface area contributed by atoms with E-state index in [1.54, 1.807) is 23.1 Å². The summed E-state index contributed by atoms with van der Waals surface area (Å²) in [4.78, 5) is 43.3. The second-order valence-corrected chi connectivity index (χ2v) is 7.74. The molecule has 0 saturated carbocycles. The monoisotopic (exact) mass is 436 g/mol. The van der Waals surface area contributed by atoms with E-state index in [4.69, 9.17) is 13.9 Å². The number of fused-ring (bicyclic) bond motifs is 1. The molecule has 8 heteroatoms. The van der Waals surface area contributed by atoms with E-state index in [0.717, 1.165) is 5.76 Å². The van der Waals surface area contributed by atoms with E-state index >= 15 is 0 Å². The lowest BCUT2D eigenvalue weighted by atomic mass is 9.97. The third-order valence-corrected chi connectivity index (χ3v) is 5.64. The molecule has 0 bridgehead atoms. The average molecular weight is 436 g/mol. The number of aromatic nitrogens is 1. The lowest BCUT2D eigenvalue weighted by Crippen LogP contribution is -2.42. The number of aryl methyl sites for hydroxylation is 1. The molecule has 0 atom stereocenters. The highest BCUT2D eigenvalue weighted by molar-refractivity contribution is 6.05. The summed E-state index contributed by atoms with van der Waals surface area (Å²) in [7, 11) is 1.36. The molecular weight excluding hydrogens is 412 g/mol. The zero-order valence-corrected chi connectivity index (χ0v) is 18.0. The van der Waals surface area contributed by atoms with Crippen molar-refractivity contribution in [3.63, 3.8) is 0 Å². The normalized spacial score (nSPS) is 14.4. The van der Waals surface area contributed by atoms with Gasteiger partial charge in [-0.25, -0.2) is 9.78 Å². The summed E-state index contributed by atoms with van der Waals surface area (Å²) in [6.45, 7) is 2.32. The predicted molar refractivity (Wildman–Crippen MR) is 116 cm³/mol. The van der Waals surface area contributed by atoms with Gasteiger partial charge in [0.05, 0.1) is 24.1 Å². The second kappa shape index (κ2) is 9.21. The molecule has 32 heavy (non-hydrogen) atoms. The molecular formula is C24H24N2O6. The van der Waals surface area contributed by atoms with Crippen LogP contribution in [0.4, 0.5) is 0 Å². The number of esters is 2. The largest absolute Gasteiger partial charge is 0.469 e. The van der Waals surface area contributed by atoms with Crippen LogP contribution in [0.25, 0.3) is 22.4 Å². The van der Waals surface area contributed by atoms with Gasteiger partial charge < -0.3 is 18.8 Å². The highest BCUT2D eigenvalue weighted by atomic mass is 16.5. The Morgan fingerprint density at radius 3 is 2.56 bits per heavy atom. The summed E-state index contributed by atoms with van der Waals surface area (Å²) in [5.41, 5.74) is 1.46. The quantitative estimate of drug-likeness (QED) is 0.566. The summed E-state index contributed by atoms with van der Waals surface area (Å²) in [5.74, 6) is -0.0607. The number of pyridine rings is 1. The molecule has 3 aromatic rings. The van der Waals surface area contributed by atoms with E-state index < -0.39 is 5.97 Å². The number of methoxy groups -OCH3 is 1. The number of carbonyl (C=O) groups is 3. The van der Waals surface area contributed by atoms with E-state index in [-0.39, 0.29) is 24.4 Å². The Morgan fingerprint density at radius 2 is 1.88 bits per heavy atom. The molecule has 166 valence electrons. The molecule has 0 unspecified atom stereocenters. The highest BCUT2D eigenvalue weighted by Crippen LogP contribution is 2.27. The van der Waals surface area contributed by atoms with E-state index in [0.29, 0.717) is 53.9 Å². The standard InChI is InChI=1S/C24H24N2O6/c1-15-7-8-21(32-15)20-13-18(17-5-3-4-6-19(17)25-20)24(29)31-14-22(27)26-11-9-16(10-12-26)23(28)30-2/h3-8,13,16H,9-12,14H2,1-2H3. The van der Waals surface area contributed by atoms with Crippen molar-refractivity contribution in [2.24, 2.45) is 5.92 Å². The molecule has 0 aliphatic carbocycles. The molecule has 1 fully saturated rings. The van der Waals surface area contributed by atoms with E-state index in [1.165, 1.54) is 7.11 Å². The van der Waals surface area contributed by atoms with Gasteiger partial charge in [-0.2, -0.15) is 0 Å². The number of ether oxygens (including phenoxy) is 2. The highest BCUT2D eigenvalue weighted by Gasteiger charge is 2.28. The molecule has 0 N–H and O–H groups in total. The van der Waals surface area contributed by atoms with Crippen molar-refractivity contribution in [1.82, 2.24) is 9.88 Å². The van der Waals surface area contributed by atoms with Crippen LogP contribution in [0.1, 0.15) is 29.0 Å². The Hall–Kier alpha value is -3.68. The fraction of sp³-hybridized carbons (Fsp3) is 0.333. The van der Waals surface area contributed by atoms with Crippen molar-refractivity contribution in [3.05, 3.63) is 53.8 Å². The van der Waals surface area contributed by atoms with Gasteiger partial charge in [-0.05, 0) is 44.0 Å². The average Bonchev–Trinajstić information content (AvgIpc) is 3.27. The van der Waals surface area contributed by atoms with Crippen molar-refractivity contribution in [2.75, 3.05) is 26.8 Å². The topological polar surface area (TPSA) is 98.9 Å². The van der Waals surface area contributed by atoms with Crippen molar-refractivity contribution >= 4 is 28.7 Å². The number of carbonyl (C=O) groups excluding carboxylic acids is 3. The minimum absolute atomic E-state index is 0.196. The first kappa shape index (κ1) is 21.5. The van der Waals surface area contributed by atoms with Crippen LogP contribution in [0, 0.1) is 12.8 Å². The molecule has 8 nitrogen and oxygen atoms in total. The van der Waals surface area contributed by atoms with Gasteiger partial charge in [0.1, 0.15) is 11.5 Å². The van der Waals surface area contributed by atoms with Crippen LogP contribution in [-0.2, 0) is 19.1 Å². The summed E-state index contributed by atoms with van der Waals surface area (Å²) >= 11 is 0. The minimum Gasteiger partial charge on any atom is -0.469 e. The first-order chi connectivity index (χ1) is 15.5. The number of furan rings is 1.